The summed E-state index contributed by atoms with van der Waals surface area (Å²) in [7, 11) is 0. The van der Waals surface area contributed by atoms with E-state index in [-0.39, 0.29) is 31.0 Å². The topological polar surface area (TPSA) is 66.8 Å². The van der Waals surface area contributed by atoms with Crippen LogP contribution in [-0.4, -0.2) is 30.3 Å². The number of carbonyl (C=O) groups excluding carboxylic acids is 1. The lowest BCUT2D eigenvalue weighted by Crippen LogP contribution is -2.31. The van der Waals surface area contributed by atoms with Gasteiger partial charge in [-0.25, -0.2) is 4.79 Å². The first-order chi connectivity index (χ1) is 15.5. The van der Waals surface area contributed by atoms with E-state index in [1.165, 1.54) is 22.3 Å². The molecule has 0 saturated heterocycles. The van der Waals surface area contributed by atoms with E-state index in [4.69, 9.17) is 9.84 Å². The Morgan fingerprint density at radius 1 is 0.969 bits per heavy atom. The van der Waals surface area contributed by atoms with E-state index in [2.05, 4.69) is 30.3 Å². The molecule has 5 nitrogen and oxygen atoms in total. The lowest BCUT2D eigenvalue weighted by molar-refractivity contribution is -0.137. The molecule has 5 rings (SSSR count). The summed E-state index contributed by atoms with van der Waals surface area (Å²) in [6.07, 6.45) is 0.199. The number of carboxylic acid groups (broad SMARTS) is 1. The first-order valence-electron chi connectivity index (χ1n) is 11.0. The van der Waals surface area contributed by atoms with Gasteiger partial charge in [-0.3, -0.25) is 9.69 Å². The van der Waals surface area contributed by atoms with Gasteiger partial charge in [0.15, 0.2) is 0 Å². The summed E-state index contributed by atoms with van der Waals surface area (Å²) >= 11 is 0. The molecular formula is C27H25NO4. The van der Waals surface area contributed by atoms with E-state index >= 15 is 0 Å². The Labute approximate surface area is 187 Å². The zero-order chi connectivity index (χ0) is 22.2. The normalized spacial score (nSPS) is 16.4. The fourth-order valence-electron chi connectivity index (χ4n) is 5.05. The second-order valence-corrected chi connectivity index (χ2v) is 8.61. The number of amides is 1. The summed E-state index contributed by atoms with van der Waals surface area (Å²) in [6, 6.07) is 22.5. The van der Waals surface area contributed by atoms with Gasteiger partial charge >= 0.3 is 12.1 Å². The van der Waals surface area contributed by atoms with Crippen molar-refractivity contribution in [2.45, 2.75) is 31.6 Å². The number of hydrogen-bond donors (Lipinski definition) is 1. The second kappa shape index (κ2) is 8.15. The summed E-state index contributed by atoms with van der Waals surface area (Å²) in [5.74, 6) is -0.811. The molecule has 0 fully saturated rings. The maximum absolute atomic E-state index is 13.1. The van der Waals surface area contributed by atoms with Crippen LogP contribution in [-0.2, 0) is 9.53 Å². The monoisotopic (exact) mass is 427 g/mol. The number of aryl methyl sites for hydroxylation is 1. The molecule has 32 heavy (non-hydrogen) atoms. The molecule has 5 heteroatoms. The van der Waals surface area contributed by atoms with Gasteiger partial charge in [-0.15, -0.1) is 0 Å². The summed E-state index contributed by atoms with van der Waals surface area (Å²) in [6.45, 7) is 2.72. The maximum Gasteiger partial charge on any atom is 0.414 e. The molecule has 1 amide bonds. The van der Waals surface area contributed by atoms with Crippen molar-refractivity contribution in [3.63, 3.8) is 0 Å². The van der Waals surface area contributed by atoms with E-state index in [0.29, 0.717) is 13.0 Å². The molecule has 2 aliphatic rings. The molecule has 0 saturated carbocycles. The zero-order valence-electron chi connectivity index (χ0n) is 18.0. The second-order valence-electron chi connectivity index (χ2n) is 8.61. The lowest BCUT2D eigenvalue weighted by atomic mass is 9.95. The van der Waals surface area contributed by atoms with E-state index in [1.54, 1.807) is 4.90 Å². The number of aliphatic carboxylic acids is 1. The molecule has 1 atom stereocenters. The van der Waals surface area contributed by atoms with Crippen molar-refractivity contribution in [3.8, 4) is 11.1 Å². The van der Waals surface area contributed by atoms with Crippen molar-refractivity contribution in [2.24, 2.45) is 0 Å². The molecule has 3 aromatic rings. The minimum absolute atomic E-state index is 0.00137. The number of ether oxygens (including phenoxy) is 1. The molecule has 0 bridgehead atoms. The van der Waals surface area contributed by atoms with Crippen LogP contribution in [0.2, 0.25) is 0 Å². The zero-order valence-corrected chi connectivity index (χ0v) is 18.0. The third kappa shape index (κ3) is 3.54. The van der Waals surface area contributed by atoms with E-state index in [0.717, 1.165) is 16.8 Å². The predicted molar refractivity (Wildman–Crippen MR) is 123 cm³/mol. The van der Waals surface area contributed by atoms with Gasteiger partial charge < -0.3 is 9.84 Å². The third-order valence-electron chi connectivity index (χ3n) is 6.58. The standard InChI is InChI=1S/C27H25NO4/c1-17-10-12-25-23(14-17)18(11-13-26(29)30)15-28(25)27(31)32-16-24-21-8-4-2-6-19(21)20-7-3-5-9-22(20)24/h2-10,12,14,18,24H,11,13,15-16H2,1H3,(H,29,30). The number of nitrogens with zero attached hydrogens (tertiary/aromatic N) is 1. The Morgan fingerprint density at radius 3 is 2.28 bits per heavy atom. The van der Waals surface area contributed by atoms with Gasteiger partial charge in [-0.2, -0.15) is 0 Å². The SMILES string of the molecule is Cc1ccc2c(c1)C(CCC(=O)O)CN2C(=O)OCC1c2ccccc2-c2ccccc21. The summed E-state index contributed by atoms with van der Waals surface area (Å²) in [5.41, 5.74) is 7.69. The number of carbonyl (C=O) groups is 2. The maximum atomic E-state index is 13.1. The number of rotatable bonds is 5. The van der Waals surface area contributed by atoms with Crippen LogP contribution in [0, 0.1) is 6.92 Å². The van der Waals surface area contributed by atoms with Gasteiger partial charge in [-0.05, 0) is 47.2 Å². The highest BCUT2D eigenvalue weighted by atomic mass is 16.6. The van der Waals surface area contributed by atoms with E-state index in [9.17, 15) is 9.59 Å². The Hall–Kier alpha value is -3.60. The predicted octanol–water partition coefficient (Wildman–Crippen LogP) is 5.71. The molecular weight excluding hydrogens is 402 g/mol. The number of anilines is 1. The Bertz CT molecular complexity index is 1160. The molecule has 162 valence electrons. The average molecular weight is 428 g/mol. The molecule has 1 N–H and O–H groups in total. The lowest BCUT2D eigenvalue weighted by Gasteiger charge is -2.20. The van der Waals surface area contributed by atoms with Crippen molar-refractivity contribution in [3.05, 3.63) is 89.0 Å². The number of carboxylic acids is 1. The van der Waals surface area contributed by atoms with Crippen LogP contribution in [0.25, 0.3) is 11.1 Å². The van der Waals surface area contributed by atoms with Crippen molar-refractivity contribution in [1.82, 2.24) is 0 Å². The molecule has 0 spiro atoms. The molecule has 0 aromatic heterocycles. The average Bonchev–Trinajstić information content (AvgIpc) is 3.31. The molecule has 1 aliphatic carbocycles. The van der Waals surface area contributed by atoms with Crippen LogP contribution in [0.5, 0.6) is 0 Å². The van der Waals surface area contributed by atoms with Gasteiger partial charge in [0.05, 0.1) is 5.69 Å². The first-order valence-corrected chi connectivity index (χ1v) is 11.0. The van der Waals surface area contributed by atoms with Crippen molar-refractivity contribution >= 4 is 17.7 Å². The van der Waals surface area contributed by atoms with Gasteiger partial charge in [-0.1, -0.05) is 66.2 Å². The quantitative estimate of drug-likeness (QED) is 0.566. The summed E-state index contributed by atoms with van der Waals surface area (Å²) < 4.78 is 5.86. The summed E-state index contributed by atoms with van der Waals surface area (Å²) in [4.78, 5) is 25.9. The van der Waals surface area contributed by atoms with Crippen LogP contribution in [0.15, 0.2) is 66.7 Å². The van der Waals surface area contributed by atoms with Gasteiger partial charge in [0, 0.05) is 24.8 Å². The van der Waals surface area contributed by atoms with Crippen molar-refractivity contribution in [1.29, 1.82) is 0 Å². The van der Waals surface area contributed by atoms with E-state index in [1.807, 2.05) is 43.3 Å². The van der Waals surface area contributed by atoms with Gasteiger partial charge in [0.2, 0.25) is 0 Å². The van der Waals surface area contributed by atoms with Gasteiger partial charge in [0.25, 0.3) is 0 Å². The van der Waals surface area contributed by atoms with Crippen LogP contribution in [0.3, 0.4) is 0 Å². The Kier molecular flexibility index (Phi) is 5.17. The van der Waals surface area contributed by atoms with Gasteiger partial charge in [0.1, 0.15) is 6.61 Å². The fourth-order valence-corrected chi connectivity index (χ4v) is 5.05. The fraction of sp³-hybridized carbons (Fsp3) is 0.259. The molecule has 3 aromatic carbocycles. The first kappa shape index (κ1) is 20.3. The third-order valence-corrected chi connectivity index (χ3v) is 6.58. The number of fused-ring (bicyclic) bond motifs is 4. The number of benzene rings is 3. The molecule has 1 unspecified atom stereocenters. The highest BCUT2D eigenvalue weighted by Gasteiger charge is 2.35. The highest BCUT2D eigenvalue weighted by Crippen LogP contribution is 2.45. The molecule has 1 aliphatic heterocycles. The molecule has 1 heterocycles. The Balaban J connectivity index is 1.35. The smallest absolute Gasteiger partial charge is 0.414 e. The number of hydrogen-bond acceptors (Lipinski definition) is 3. The van der Waals surface area contributed by atoms with Crippen LogP contribution >= 0.6 is 0 Å². The van der Waals surface area contributed by atoms with Crippen molar-refractivity contribution in [2.75, 3.05) is 18.1 Å². The van der Waals surface area contributed by atoms with Crippen LogP contribution in [0.1, 0.15) is 46.9 Å². The minimum Gasteiger partial charge on any atom is -0.481 e. The van der Waals surface area contributed by atoms with Crippen molar-refractivity contribution < 1.29 is 19.4 Å². The van der Waals surface area contributed by atoms with E-state index < -0.39 is 5.97 Å². The largest absolute Gasteiger partial charge is 0.481 e. The molecule has 0 radical (unpaired) electrons. The Morgan fingerprint density at radius 2 is 1.62 bits per heavy atom. The summed E-state index contributed by atoms with van der Waals surface area (Å²) in [5, 5.41) is 9.11. The van der Waals surface area contributed by atoms with Crippen LogP contribution in [0.4, 0.5) is 10.5 Å². The minimum atomic E-state index is -0.821. The highest BCUT2D eigenvalue weighted by molar-refractivity contribution is 5.91. The van der Waals surface area contributed by atoms with Crippen LogP contribution < -0.4 is 4.90 Å².